The van der Waals surface area contributed by atoms with Crippen molar-refractivity contribution in [2.24, 2.45) is 5.73 Å². The van der Waals surface area contributed by atoms with E-state index in [0.29, 0.717) is 5.56 Å². The molecule has 4 heteroatoms. The van der Waals surface area contributed by atoms with Crippen molar-refractivity contribution in [3.63, 3.8) is 0 Å². The molecule has 1 rings (SSSR count). The van der Waals surface area contributed by atoms with Gasteiger partial charge in [0, 0.05) is 5.56 Å². The second-order valence-corrected chi connectivity index (χ2v) is 5.24. The zero-order chi connectivity index (χ0) is 13.9. The largest absolute Gasteiger partial charge is 0.460 e. The zero-order valence-corrected chi connectivity index (χ0v) is 11.2. The van der Waals surface area contributed by atoms with Gasteiger partial charge in [0.1, 0.15) is 5.60 Å². The van der Waals surface area contributed by atoms with Crippen molar-refractivity contribution in [3.8, 4) is 0 Å². The van der Waals surface area contributed by atoms with Crippen molar-refractivity contribution in [1.29, 1.82) is 0 Å². The average Bonchev–Trinajstić information content (AvgIpc) is 2.26. The number of nitrogens with two attached hydrogens (primary N) is 1. The van der Waals surface area contributed by atoms with Crippen molar-refractivity contribution in [2.75, 3.05) is 0 Å². The minimum atomic E-state index is -0.501. The van der Waals surface area contributed by atoms with E-state index >= 15 is 0 Å². The molecular weight excluding hydrogens is 230 g/mol. The van der Waals surface area contributed by atoms with Crippen molar-refractivity contribution in [1.82, 2.24) is 0 Å². The lowest BCUT2D eigenvalue weighted by atomic mass is 9.99. The molecule has 0 aromatic heterocycles. The Labute approximate surface area is 107 Å². The maximum atomic E-state index is 11.9. The molecule has 0 unspecified atom stereocenters. The summed E-state index contributed by atoms with van der Waals surface area (Å²) < 4.78 is 5.30. The number of amides is 1. The second kappa shape index (κ2) is 5.21. The average molecular weight is 249 g/mol. The topological polar surface area (TPSA) is 69.4 Å². The van der Waals surface area contributed by atoms with Crippen LogP contribution >= 0.6 is 0 Å². The predicted octanol–water partition coefficient (Wildman–Crippen LogP) is 2.23. The van der Waals surface area contributed by atoms with Crippen molar-refractivity contribution in [3.05, 3.63) is 35.4 Å². The first-order chi connectivity index (χ1) is 8.20. The molecule has 0 fully saturated rings. The highest BCUT2D eigenvalue weighted by Gasteiger charge is 2.22. The number of rotatable bonds is 3. The van der Waals surface area contributed by atoms with E-state index in [-0.39, 0.29) is 11.9 Å². The predicted molar refractivity (Wildman–Crippen MR) is 69.2 cm³/mol. The smallest absolute Gasteiger partial charge is 0.313 e. The highest BCUT2D eigenvalue weighted by Crippen LogP contribution is 2.20. The Hall–Kier alpha value is -1.84. The Kier molecular flexibility index (Phi) is 4.11. The quantitative estimate of drug-likeness (QED) is 0.835. The van der Waals surface area contributed by atoms with Gasteiger partial charge in [0.25, 0.3) is 0 Å². The maximum absolute atomic E-state index is 11.9. The van der Waals surface area contributed by atoms with Crippen LogP contribution in [0.1, 0.15) is 49.5 Å². The van der Waals surface area contributed by atoms with Gasteiger partial charge in [0.15, 0.2) is 0 Å². The third kappa shape index (κ3) is 3.87. The van der Waals surface area contributed by atoms with Crippen LogP contribution in [-0.4, -0.2) is 17.5 Å². The molecule has 0 radical (unpaired) electrons. The van der Waals surface area contributed by atoms with Gasteiger partial charge in [-0.25, -0.2) is 0 Å². The molecule has 4 nitrogen and oxygen atoms in total. The summed E-state index contributed by atoms with van der Waals surface area (Å²) in [7, 11) is 0. The molecular formula is C14H19NO3. The summed E-state index contributed by atoms with van der Waals surface area (Å²) in [6.07, 6.45) is 0. The van der Waals surface area contributed by atoms with Crippen LogP contribution in [0.25, 0.3) is 0 Å². The lowest BCUT2D eigenvalue weighted by Crippen LogP contribution is -2.26. The van der Waals surface area contributed by atoms with Gasteiger partial charge in [-0.15, -0.1) is 0 Å². The highest BCUT2D eigenvalue weighted by molar-refractivity contribution is 5.92. The van der Waals surface area contributed by atoms with Crippen LogP contribution in [0.2, 0.25) is 0 Å². The number of carbonyl (C=O) groups is 2. The Morgan fingerprint density at radius 1 is 1.17 bits per heavy atom. The van der Waals surface area contributed by atoms with E-state index in [1.54, 1.807) is 31.2 Å². The summed E-state index contributed by atoms with van der Waals surface area (Å²) >= 11 is 0. The van der Waals surface area contributed by atoms with E-state index in [1.165, 1.54) is 0 Å². The number of hydrogen-bond donors (Lipinski definition) is 1. The molecule has 2 N–H and O–H groups in total. The minimum Gasteiger partial charge on any atom is -0.460 e. The monoisotopic (exact) mass is 249 g/mol. The summed E-state index contributed by atoms with van der Waals surface area (Å²) in [5.41, 5.74) is 5.88. The standard InChI is InChI=1S/C14H19NO3/c1-9(13(17)18-14(2,3)4)10-5-7-11(8-6-10)12(15)16/h5-9H,1-4H3,(H2,15,16)/t9-/m0/s1. The molecule has 18 heavy (non-hydrogen) atoms. The van der Waals surface area contributed by atoms with E-state index in [0.717, 1.165) is 5.56 Å². The van der Waals surface area contributed by atoms with Gasteiger partial charge in [0.2, 0.25) is 5.91 Å². The SMILES string of the molecule is C[C@H](C(=O)OC(C)(C)C)c1ccc(C(N)=O)cc1. The molecule has 98 valence electrons. The molecule has 0 saturated carbocycles. The van der Waals surface area contributed by atoms with E-state index in [2.05, 4.69) is 0 Å². The van der Waals surface area contributed by atoms with Crippen molar-refractivity contribution >= 4 is 11.9 Å². The Morgan fingerprint density at radius 3 is 2.06 bits per heavy atom. The molecule has 0 aliphatic heterocycles. The van der Waals surface area contributed by atoms with E-state index in [9.17, 15) is 9.59 Å². The summed E-state index contributed by atoms with van der Waals surface area (Å²) in [5.74, 6) is -1.13. The number of benzene rings is 1. The second-order valence-electron chi connectivity index (χ2n) is 5.24. The fraction of sp³-hybridized carbons (Fsp3) is 0.429. The number of primary amides is 1. The van der Waals surface area contributed by atoms with Crippen LogP contribution in [0.15, 0.2) is 24.3 Å². The van der Waals surface area contributed by atoms with Crippen LogP contribution in [0.3, 0.4) is 0 Å². The number of hydrogen-bond acceptors (Lipinski definition) is 3. The first-order valence-corrected chi connectivity index (χ1v) is 5.83. The molecule has 0 aliphatic carbocycles. The van der Waals surface area contributed by atoms with E-state index < -0.39 is 11.5 Å². The molecule has 1 atom stereocenters. The van der Waals surface area contributed by atoms with E-state index in [4.69, 9.17) is 10.5 Å². The molecule has 0 heterocycles. The van der Waals surface area contributed by atoms with Gasteiger partial charge in [0.05, 0.1) is 5.92 Å². The van der Waals surface area contributed by atoms with Crippen LogP contribution in [-0.2, 0) is 9.53 Å². The molecule has 0 bridgehead atoms. The number of ether oxygens (including phenoxy) is 1. The molecule has 0 spiro atoms. The van der Waals surface area contributed by atoms with Crippen molar-refractivity contribution < 1.29 is 14.3 Å². The normalized spacial score (nSPS) is 12.9. The molecule has 1 amide bonds. The lowest BCUT2D eigenvalue weighted by molar-refractivity contribution is -0.156. The molecule has 0 saturated heterocycles. The minimum absolute atomic E-state index is 0.283. The lowest BCUT2D eigenvalue weighted by Gasteiger charge is -2.22. The van der Waals surface area contributed by atoms with Crippen LogP contribution in [0.4, 0.5) is 0 Å². The van der Waals surface area contributed by atoms with Gasteiger partial charge in [-0.1, -0.05) is 12.1 Å². The number of esters is 1. The molecule has 1 aromatic rings. The van der Waals surface area contributed by atoms with Crippen molar-refractivity contribution in [2.45, 2.75) is 39.2 Å². The molecule has 0 aliphatic rings. The van der Waals surface area contributed by atoms with Gasteiger partial charge in [-0.2, -0.15) is 0 Å². The molecule has 1 aromatic carbocycles. The van der Waals surface area contributed by atoms with Crippen LogP contribution in [0.5, 0.6) is 0 Å². The first kappa shape index (κ1) is 14.2. The summed E-state index contributed by atoms with van der Waals surface area (Å²) in [4.78, 5) is 22.8. The maximum Gasteiger partial charge on any atom is 0.313 e. The van der Waals surface area contributed by atoms with Crippen LogP contribution in [0, 0.1) is 0 Å². The van der Waals surface area contributed by atoms with Crippen LogP contribution < -0.4 is 5.73 Å². The number of carbonyl (C=O) groups excluding carboxylic acids is 2. The van der Waals surface area contributed by atoms with Gasteiger partial charge in [-0.3, -0.25) is 9.59 Å². The first-order valence-electron chi connectivity index (χ1n) is 5.83. The zero-order valence-electron chi connectivity index (χ0n) is 11.2. The Balaban J connectivity index is 2.81. The Morgan fingerprint density at radius 2 is 1.67 bits per heavy atom. The van der Waals surface area contributed by atoms with Gasteiger partial charge >= 0.3 is 5.97 Å². The summed E-state index contributed by atoms with van der Waals surface area (Å²) in [6, 6.07) is 6.65. The third-order valence-corrected chi connectivity index (χ3v) is 2.46. The van der Waals surface area contributed by atoms with Gasteiger partial charge < -0.3 is 10.5 Å². The highest BCUT2D eigenvalue weighted by atomic mass is 16.6. The van der Waals surface area contributed by atoms with E-state index in [1.807, 2.05) is 20.8 Å². The fourth-order valence-electron chi connectivity index (χ4n) is 1.46. The van der Waals surface area contributed by atoms with Gasteiger partial charge in [-0.05, 0) is 45.4 Å². The fourth-order valence-corrected chi connectivity index (χ4v) is 1.46. The Bertz CT molecular complexity index is 443. The third-order valence-electron chi connectivity index (χ3n) is 2.46. The summed E-state index contributed by atoms with van der Waals surface area (Å²) in [5, 5.41) is 0. The summed E-state index contributed by atoms with van der Waals surface area (Å²) in [6.45, 7) is 7.25.